The fraction of sp³-hybridized carbons (Fsp3) is 0.667. The van der Waals surface area contributed by atoms with E-state index in [1.165, 1.54) is 6.08 Å². The fourth-order valence-electron chi connectivity index (χ4n) is 1.98. The standard InChI is InChI=1S/C12H17F2NO3/c1-2-3-9(11(17)18)15-10(16)8-4-6-12(13,14)7-5-8/h2,8-9H,1,3-7H2,(H,15,16)(H,17,18). The highest BCUT2D eigenvalue weighted by Gasteiger charge is 2.38. The third-order valence-electron chi connectivity index (χ3n) is 3.10. The molecule has 6 heteroatoms. The minimum absolute atomic E-state index is 0.0965. The van der Waals surface area contributed by atoms with E-state index in [0.717, 1.165) is 0 Å². The molecule has 1 fully saturated rings. The summed E-state index contributed by atoms with van der Waals surface area (Å²) in [4.78, 5) is 22.6. The minimum atomic E-state index is -2.69. The molecular weight excluding hydrogens is 244 g/mol. The molecule has 0 saturated heterocycles. The van der Waals surface area contributed by atoms with Crippen LogP contribution in [0.25, 0.3) is 0 Å². The summed E-state index contributed by atoms with van der Waals surface area (Å²) in [6.45, 7) is 3.41. The molecule has 1 amide bonds. The number of carboxylic acids is 1. The number of hydrogen-bond acceptors (Lipinski definition) is 2. The van der Waals surface area contributed by atoms with Crippen LogP contribution in [-0.4, -0.2) is 28.9 Å². The molecule has 102 valence electrons. The third kappa shape index (κ3) is 4.09. The molecule has 0 aromatic heterocycles. The molecule has 0 aromatic rings. The molecule has 4 nitrogen and oxygen atoms in total. The van der Waals surface area contributed by atoms with Crippen LogP contribution in [0.4, 0.5) is 8.78 Å². The highest BCUT2D eigenvalue weighted by molar-refractivity contribution is 5.85. The molecular formula is C12H17F2NO3. The Labute approximate surface area is 104 Å². The fourth-order valence-corrected chi connectivity index (χ4v) is 1.98. The van der Waals surface area contributed by atoms with E-state index < -0.39 is 29.8 Å². The van der Waals surface area contributed by atoms with Crippen LogP contribution in [0, 0.1) is 5.92 Å². The zero-order valence-electron chi connectivity index (χ0n) is 9.99. The summed E-state index contributed by atoms with van der Waals surface area (Å²) in [6, 6.07) is -1.03. The van der Waals surface area contributed by atoms with Gasteiger partial charge in [-0.25, -0.2) is 13.6 Å². The van der Waals surface area contributed by atoms with Gasteiger partial charge < -0.3 is 10.4 Å². The maximum absolute atomic E-state index is 12.9. The quantitative estimate of drug-likeness (QED) is 0.743. The van der Waals surface area contributed by atoms with Crippen LogP contribution in [0.1, 0.15) is 32.1 Å². The normalized spacial score (nSPS) is 21.0. The highest BCUT2D eigenvalue weighted by Crippen LogP contribution is 2.36. The molecule has 18 heavy (non-hydrogen) atoms. The van der Waals surface area contributed by atoms with Crippen molar-refractivity contribution in [1.29, 1.82) is 0 Å². The van der Waals surface area contributed by atoms with Crippen molar-refractivity contribution in [1.82, 2.24) is 5.32 Å². The van der Waals surface area contributed by atoms with E-state index >= 15 is 0 Å². The van der Waals surface area contributed by atoms with E-state index in [-0.39, 0.29) is 32.1 Å². The van der Waals surface area contributed by atoms with E-state index in [9.17, 15) is 18.4 Å². The van der Waals surface area contributed by atoms with Crippen LogP contribution in [0.2, 0.25) is 0 Å². The molecule has 0 heterocycles. The van der Waals surface area contributed by atoms with Crippen LogP contribution in [0.5, 0.6) is 0 Å². The Kier molecular flexibility index (Phi) is 4.81. The van der Waals surface area contributed by atoms with Crippen LogP contribution in [0.15, 0.2) is 12.7 Å². The van der Waals surface area contributed by atoms with Gasteiger partial charge in [-0.05, 0) is 19.3 Å². The summed E-state index contributed by atoms with van der Waals surface area (Å²) >= 11 is 0. The summed E-state index contributed by atoms with van der Waals surface area (Å²) in [5, 5.41) is 11.2. The number of carbonyl (C=O) groups is 2. The molecule has 0 spiro atoms. The molecule has 0 bridgehead atoms. The van der Waals surface area contributed by atoms with Crippen molar-refractivity contribution in [2.45, 2.75) is 44.1 Å². The Balaban J connectivity index is 2.50. The molecule has 1 unspecified atom stereocenters. The first-order chi connectivity index (χ1) is 8.35. The maximum atomic E-state index is 12.9. The lowest BCUT2D eigenvalue weighted by Gasteiger charge is -2.28. The van der Waals surface area contributed by atoms with Crippen molar-refractivity contribution in [3.05, 3.63) is 12.7 Å². The van der Waals surface area contributed by atoms with Gasteiger partial charge in [-0.3, -0.25) is 4.79 Å². The van der Waals surface area contributed by atoms with Crippen LogP contribution >= 0.6 is 0 Å². The van der Waals surface area contributed by atoms with Crippen molar-refractivity contribution in [3.63, 3.8) is 0 Å². The van der Waals surface area contributed by atoms with Crippen LogP contribution < -0.4 is 5.32 Å². The average molecular weight is 261 g/mol. The van der Waals surface area contributed by atoms with Crippen molar-refractivity contribution in [2.24, 2.45) is 5.92 Å². The van der Waals surface area contributed by atoms with Crippen molar-refractivity contribution >= 4 is 11.9 Å². The first kappa shape index (κ1) is 14.6. The van der Waals surface area contributed by atoms with Gasteiger partial charge in [0.2, 0.25) is 11.8 Å². The second-order valence-electron chi connectivity index (χ2n) is 4.55. The van der Waals surface area contributed by atoms with Gasteiger partial charge in [0.15, 0.2) is 0 Å². The number of hydrogen-bond donors (Lipinski definition) is 2. The van der Waals surface area contributed by atoms with Gasteiger partial charge >= 0.3 is 5.97 Å². The smallest absolute Gasteiger partial charge is 0.326 e. The maximum Gasteiger partial charge on any atom is 0.326 e. The molecule has 0 aromatic carbocycles. The number of halogens is 2. The van der Waals surface area contributed by atoms with E-state index in [1.54, 1.807) is 0 Å². The SMILES string of the molecule is C=CCC(NC(=O)C1CCC(F)(F)CC1)C(=O)O. The van der Waals surface area contributed by atoms with E-state index in [0.29, 0.717) is 0 Å². The lowest BCUT2D eigenvalue weighted by atomic mass is 9.86. The topological polar surface area (TPSA) is 66.4 Å². The lowest BCUT2D eigenvalue weighted by Crippen LogP contribution is -2.44. The summed E-state index contributed by atoms with van der Waals surface area (Å²) in [5.74, 6) is -4.81. The predicted octanol–water partition coefficient (Wildman–Crippen LogP) is 1.96. The first-order valence-corrected chi connectivity index (χ1v) is 5.87. The molecule has 1 aliphatic rings. The minimum Gasteiger partial charge on any atom is -0.480 e. The second kappa shape index (κ2) is 5.93. The van der Waals surface area contributed by atoms with Gasteiger partial charge in [-0.15, -0.1) is 6.58 Å². The molecule has 1 saturated carbocycles. The molecule has 2 N–H and O–H groups in total. The number of carbonyl (C=O) groups excluding carboxylic acids is 1. The molecule has 1 rings (SSSR count). The molecule has 1 aliphatic carbocycles. The number of nitrogens with one attached hydrogen (secondary N) is 1. The average Bonchev–Trinajstić information content (AvgIpc) is 2.28. The Bertz CT molecular complexity index is 334. The number of carboxylic acid groups (broad SMARTS) is 1. The lowest BCUT2D eigenvalue weighted by molar-refractivity contribution is -0.143. The molecule has 0 aliphatic heterocycles. The predicted molar refractivity (Wildman–Crippen MR) is 61.3 cm³/mol. The number of rotatable bonds is 5. The van der Waals surface area contributed by atoms with Gasteiger partial charge in [0.25, 0.3) is 0 Å². The van der Waals surface area contributed by atoms with Crippen molar-refractivity contribution in [2.75, 3.05) is 0 Å². The largest absolute Gasteiger partial charge is 0.480 e. The molecule has 1 atom stereocenters. The Morgan fingerprint density at radius 2 is 2.00 bits per heavy atom. The first-order valence-electron chi connectivity index (χ1n) is 5.87. The Morgan fingerprint density at radius 1 is 1.44 bits per heavy atom. The third-order valence-corrected chi connectivity index (χ3v) is 3.10. The zero-order valence-corrected chi connectivity index (χ0v) is 9.99. The van der Waals surface area contributed by atoms with Crippen LogP contribution in [0.3, 0.4) is 0 Å². The van der Waals surface area contributed by atoms with Gasteiger partial charge in [-0.1, -0.05) is 6.08 Å². The molecule has 0 radical (unpaired) electrons. The Hall–Kier alpha value is -1.46. The van der Waals surface area contributed by atoms with Gasteiger partial charge in [0.05, 0.1) is 0 Å². The number of alkyl halides is 2. The Morgan fingerprint density at radius 3 is 2.44 bits per heavy atom. The summed E-state index contributed by atoms with van der Waals surface area (Å²) in [7, 11) is 0. The van der Waals surface area contributed by atoms with Gasteiger partial charge in [0.1, 0.15) is 6.04 Å². The van der Waals surface area contributed by atoms with Crippen molar-refractivity contribution in [3.8, 4) is 0 Å². The zero-order chi connectivity index (χ0) is 13.8. The number of amides is 1. The number of aliphatic carboxylic acids is 1. The van der Waals surface area contributed by atoms with Gasteiger partial charge in [0, 0.05) is 18.8 Å². The summed E-state index contributed by atoms with van der Waals surface area (Å²) in [6.07, 6.45) is 1.07. The second-order valence-corrected chi connectivity index (χ2v) is 4.55. The van der Waals surface area contributed by atoms with Crippen LogP contribution in [-0.2, 0) is 9.59 Å². The van der Waals surface area contributed by atoms with Gasteiger partial charge in [-0.2, -0.15) is 0 Å². The monoisotopic (exact) mass is 261 g/mol. The van der Waals surface area contributed by atoms with E-state index in [4.69, 9.17) is 5.11 Å². The van der Waals surface area contributed by atoms with E-state index in [1.807, 2.05) is 0 Å². The summed E-state index contributed by atoms with van der Waals surface area (Å²) in [5.41, 5.74) is 0. The summed E-state index contributed by atoms with van der Waals surface area (Å²) < 4.78 is 25.8. The van der Waals surface area contributed by atoms with Crippen molar-refractivity contribution < 1.29 is 23.5 Å². The van der Waals surface area contributed by atoms with E-state index in [2.05, 4.69) is 11.9 Å². The highest BCUT2D eigenvalue weighted by atomic mass is 19.3.